The van der Waals surface area contributed by atoms with Crippen LogP contribution in [0.25, 0.3) is 17.0 Å². The highest BCUT2D eigenvalue weighted by Gasteiger charge is 2.13. The second-order valence-electron chi connectivity index (χ2n) is 5.72. The van der Waals surface area contributed by atoms with Crippen LogP contribution >= 0.6 is 0 Å². The molecule has 1 aromatic heterocycles. The van der Waals surface area contributed by atoms with E-state index in [1.807, 2.05) is 37.3 Å². The molecule has 0 fully saturated rings. The molecule has 0 amide bonds. The number of methoxy groups -OCH3 is 1. The Hall–Kier alpha value is -3.34. The molecule has 0 aliphatic carbocycles. The van der Waals surface area contributed by atoms with Crippen LogP contribution in [-0.4, -0.2) is 24.7 Å². The quantitative estimate of drug-likeness (QED) is 0.612. The van der Waals surface area contributed by atoms with Crippen molar-refractivity contribution in [2.75, 3.05) is 13.7 Å². The van der Waals surface area contributed by atoms with Gasteiger partial charge in [0.25, 0.3) is 0 Å². The van der Waals surface area contributed by atoms with E-state index < -0.39 is 0 Å². The lowest BCUT2D eigenvalue weighted by Gasteiger charge is -2.08. The number of hydrogen-bond donors (Lipinski definition) is 0. The third kappa shape index (κ3) is 3.83. The van der Waals surface area contributed by atoms with Gasteiger partial charge in [0.15, 0.2) is 0 Å². The van der Waals surface area contributed by atoms with Crippen LogP contribution in [0.5, 0.6) is 5.95 Å². The van der Waals surface area contributed by atoms with E-state index in [1.54, 1.807) is 24.3 Å². The van der Waals surface area contributed by atoms with Gasteiger partial charge >= 0.3 is 11.9 Å². The number of ether oxygens (including phenoxy) is 2. The summed E-state index contributed by atoms with van der Waals surface area (Å²) in [5.41, 5.74) is 3.69. The van der Waals surface area contributed by atoms with Gasteiger partial charge in [-0.1, -0.05) is 36.9 Å². The van der Waals surface area contributed by atoms with Gasteiger partial charge in [-0.05, 0) is 42.3 Å². The van der Waals surface area contributed by atoms with Gasteiger partial charge in [0.2, 0.25) is 5.89 Å². The van der Waals surface area contributed by atoms with E-state index in [9.17, 15) is 4.79 Å². The monoisotopic (exact) mass is 349 g/mol. The second-order valence-corrected chi connectivity index (χ2v) is 5.72. The summed E-state index contributed by atoms with van der Waals surface area (Å²) >= 11 is 0. The molecule has 0 saturated heterocycles. The number of aryl methyl sites for hydroxylation is 1. The molecule has 5 nitrogen and oxygen atoms in total. The fraction of sp³-hybridized carbons (Fsp3) is 0.143. The van der Waals surface area contributed by atoms with Gasteiger partial charge in [-0.25, -0.2) is 9.78 Å². The Balaban J connectivity index is 1.66. The molecule has 2 aromatic carbocycles. The predicted octanol–water partition coefficient (Wildman–Crippen LogP) is 4.53. The zero-order chi connectivity index (χ0) is 18.5. The molecular formula is C21H19NO4. The molecule has 0 bridgehead atoms. The first-order valence-electron chi connectivity index (χ1n) is 8.10. The molecule has 0 aliphatic rings. The summed E-state index contributed by atoms with van der Waals surface area (Å²) in [6.07, 6.45) is 0. The van der Waals surface area contributed by atoms with E-state index in [-0.39, 0.29) is 12.6 Å². The highest BCUT2D eigenvalue weighted by atomic mass is 16.6. The smallest absolute Gasteiger partial charge is 0.337 e. The highest BCUT2D eigenvalue weighted by Crippen LogP contribution is 2.27. The summed E-state index contributed by atoms with van der Waals surface area (Å²) in [7, 11) is 1.35. The number of carbonyl (C=O) groups excluding carboxylic acids is 1. The highest BCUT2D eigenvalue weighted by molar-refractivity contribution is 5.89. The molecule has 3 rings (SSSR count). The number of esters is 1. The Kier molecular flexibility index (Phi) is 5.17. The van der Waals surface area contributed by atoms with Crippen molar-refractivity contribution in [3.05, 3.63) is 78.0 Å². The fourth-order valence-corrected chi connectivity index (χ4v) is 2.42. The average molecular weight is 349 g/mol. The van der Waals surface area contributed by atoms with E-state index in [1.165, 1.54) is 7.11 Å². The minimum absolute atomic E-state index is 0.252. The topological polar surface area (TPSA) is 61.6 Å². The molecule has 3 aromatic rings. The number of rotatable bonds is 6. The molecular weight excluding hydrogens is 330 g/mol. The van der Waals surface area contributed by atoms with E-state index in [0.29, 0.717) is 23.1 Å². The number of aromatic nitrogens is 1. The first-order valence-corrected chi connectivity index (χ1v) is 8.10. The van der Waals surface area contributed by atoms with Crippen LogP contribution in [0.1, 0.15) is 21.6 Å². The van der Waals surface area contributed by atoms with Gasteiger partial charge in [-0.2, -0.15) is 0 Å². The average Bonchev–Trinajstić information content (AvgIpc) is 3.07. The van der Waals surface area contributed by atoms with Gasteiger partial charge in [0, 0.05) is 5.56 Å². The van der Waals surface area contributed by atoms with Crippen LogP contribution in [0.2, 0.25) is 0 Å². The maximum atomic E-state index is 11.5. The van der Waals surface area contributed by atoms with Crippen molar-refractivity contribution in [1.82, 2.24) is 4.98 Å². The summed E-state index contributed by atoms with van der Waals surface area (Å²) in [5, 5.41) is 0. The minimum atomic E-state index is -0.371. The van der Waals surface area contributed by atoms with Gasteiger partial charge < -0.3 is 13.9 Å². The van der Waals surface area contributed by atoms with Crippen LogP contribution in [0.3, 0.4) is 0 Å². The zero-order valence-electron chi connectivity index (χ0n) is 14.7. The molecule has 0 atom stereocenters. The van der Waals surface area contributed by atoms with Crippen molar-refractivity contribution in [3.8, 4) is 17.4 Å². The van der Waals surface area contributed by atoms with E-state index >= 15 is 0 Å². The fourth-order valence-electron chi connectivity index (χ4n) is 2.42. The first-order chi connectivity index (χ1) is 12.6. The summed E-state index contributed by atoms with van der Waals surface area (Å²) in [4.78, 5) is 15.9. The van der Waals surface area contributed by atoms with Crippen LogP contribution < -0.4 is 4.74 Å². The number of oxazole rings is 1. The number of nitrogens with zero attached hydrogens (tertiary/aromatic N) is 1. The third-order valence-electron chi connectivity index (χ3n) is 3.87. The lowest BCUT2D eigenvalue weighted by Crippen LogP contribution is -2.03. The lowest BCUT2D eigenvalue weighted by molar-refractivity contribution is 0.0600. The minimum Gasteiger partial charge on any atom is -0.465 e. The summed E-state index contributed by atoms with van der Waals surface area (Å²) in [6, 6.07) is 16.6. The molecule has 1 heterocycles. The molecule has 0 saturated carbocycles. The largest absolute Gasteiger partial charge is 0.465 e. The second kappa shape index (κ2) is 7.70. The summed E-state index contributed by atoms with van der Waals surface area (Å²) in [6.45, 7) is 6.11. The third-order valence-corrected chi connectivity index (χ3v) is 3.87. The van der Waals surface area contributed by atoms with Crippen molar-refractivity contribution >= 4 is 11.5 Å². The SMILES string of the molecule is C=C(COc1oc(-c2ccccc2)nc1C)c1ccc(C(=O)OC)cc1. The van der Waals surface area contributed by atoms with Gasteiger partial charge in [-0.15, -0.1) is 0 Å². The molecule has 0 unspecified atom stereocenters. The molecule has 0 spiro atoms. The van der Waals surface area contributed by atoms with Crippen LogP contribution in [0.15, 0.2) is 65.6 Å². The van der Waals surface area contributed by atoms with Crippen LogP contribution in [-0.2, 0) is 4.74 Å². The van der Waals surface area contributed by atoms with E-state index in [2.05, 4.69) is 16.3 Å². The van der Waals surface area contributed by atoms with Crippen LogP contribution in [0.4, 0.5) is 0 Å². The number of hydrogen-bond acceptors (Lipinski definition) is 5. The summed E-state index contributed by atoms with van der Waals surface area (Å²) in [5.74, 6) is 0.520. The molecule has 26 heavy (non-hydrogen) atoms. The predicted molar refractivity (Wildman–Crippen MR) is 99.0 cm³/mol. The summed E-state index contributed by atoms with van der Waals surface area (Å²) < 4.78 is 16.1. The van der Waals surface area contributed by atoms with Crippen molar-refractivity contribution < 1.29 is 18.7 Å². The van der Waals surface area contributed by atoms with E-state index in [4.69, 9.17) is 9.15 Å². The van der Waals surface area contributed by atoms with Crippen molar-refractivity contribution in [2.45, 2.75) is 6.92 Å². The van der Waals surface area contributed by atoms with E-state index in [0.717, 1.165) is 16.7 Å². The Morgan fingerprint density at radius 1 is 1.08 bits per heavy atom. The molecule has 0 N–H and O–H groups in total. The van der Waals surface area contributed by atoms with Gasteiger partial charge in [0.05, 0.1) is 12.7 Å². The Morgan fingerprint density at radius 3 is 2.38 bits per heavy atom. The Labute approximate surface area is 151 Å². The van der Waals surface area contributed by atoms with Crippen molar-refractivity contribution in [3.63, 3.8) is 0 Å². The number of carbonyl (C=O) groups is 1. The number of benzene rings is 2. The normalized spacial score (nSPS) is 10.4. The molecule has 5 heteroatoms. The molecule has 0 aliphatic heterocycles. The Morgan fingerprint density at radius 2 is 1.73 bits per heavy atom. The Bertz CT molecular complexity index is 911. The first kappa shape index (κ1) is 17.5. The maximum absolute atomic E-state index is 11.5. The van der Waals surface area contributed by atoms with Crippen molar-refractivity contribution in [1.29, 1.82) is 0 Å². The zero-order valence-corrected chi connectivity index (χ0v) is 14.7. The lowest BCUT2D eigenvalue weighted by atomic mass is 10.1. The molecule has 0 radical (unpaired) electrons. The van der Waals surface area contributed by atoms with Crippen LogP contribution in [0, 0.1) is 6.92 Å². The van der Waals surface area contributed by atoms with Crippen molar-refractivity contribution in [2.24, 2.45) is 0 Å². The standard InChI is InChI=1S/C21H19NO4/c1-14(16-9-11-18(12-10-16)20(23)24-3)13-25-21-15(2)22-19(26-21)17-7-5-4-6-8-17/h4-12H,1,13H2,2-3H3. The maximum Gasteiger partial charge on any atom is 0.337 e. The molecule has 132 valence electrons. The van der Waals surface area contributed by atoms with Gasteiger partial charge in [0.1, 0.15) is 12.3 Å². The van der Waals surface area contributed by atoms with Gasteiger partial charge in [-0.3, -0.25) is 0 Å².